The molecule has 1 aliphatic rings. The van der Waals surface area contributed by atoms with Crippen molar-refractivity contribution in [1.82, 2.24) is 9.03 Å². The molecule has 3 rings (SSSR count). The Labute approximate surface area is 178 Å². The molecule has 31 heavy (non-hydrogen) atoms. The minimum Gasteiger partial charge on any atom is -0.208 e. The van der Waals surface area contributed by atoms with Gasteiger partial charge in [0.2, 0.25) is 20.0 Å². The van der Waals surface area contributed by atoms with Gasteiger partial charge in [-0.2, -0.15) is 22.7 Å². The van der Waals surface area contributed by atoms with Gasteiger partial charge in [0.15, 0.2) is 0 Å². The maximum absolute atomic E-state index is 13.2. The van der Waals surface area contributed by atoms with Crippen LogP contribution in [0.3, 0.4) is 0 Å². The summed E-state index contributed by atoms with van der Waals surface area (Å²) in [6, 6.07) is 10.6. The molecule has 0 amide bonds. The van der Waals surface area contributed by atoms with Crippen molar-refractivity contribution in [1.29, 1.82) is 5.26 Å². The van der Waals surface area contributed by atoms with Crippen molar-refractivity contribution in [2.45, 2.75) is 34.9 Å². The Balaban J connectivity index is 1.73. The van der Waals surface area contributed by atoms with Gasteiger partial charge in [-0.25, -0.2) is 21.6 Å². The molecule has 2 aromatic rings. The normalized spacial score (nSPS) is 16.7. The van der Waals surface area contributed by atoms with Crippen LogP contribution >= 0.6 is 0 Å². The Hall–Kier alpha value is -2.46. The zero-order valence-corrected chi connectivity index (χ0v) is 17.6. The predicted molar refractivity (Wildman–Crippen MR) is 105 cm³/mol. The molecule has 1 aliphatic heterocycles. The van der Waals surface area contributed by atoms with Crippen LogP contribution in [0.15, 0.2) is 58.3 Å². The lowest BCUT2D eigenvalue weighted by atomic mass is 10.1. The molecule has 0 radical (unpaired) electrons. The maximum atomic E-state index is 13.2. The van der Waals surface area contributed by atoms with Crippen LogP contribution in [0.2, 0.25) is 0 Å². The molecular weight excluding hydrogens is 455 g/mol. The van der Waals surface area contributed by atoms with Crippen LogP contribution < -0.4 is 4.72 Å². The van der Waals surface area contributed by atoms with E-state index in [0.29, 0.717) is 6.07 Å². The number of rotatable bonds is 5. The first kappa shape index (κ1) is 23.2. The summed E-state index contributed by atoms with van der Waals surface area (Å²) in [7, 11) is -8.35. The maximum Gasteiger partial charge on any atom is 0.417 e. The fourth-order valence-electron chi connectivity index (χ4n) is 3.31. The van der Waals surface area contributed by atoms with Crippen molar-refractivity contribution < 1.29 is 30.0 Å². The highest BCUT2D eigenvalue weighted by Crippen LogP contribution is 2.34. The molecule has 0 unspecified atom stereocenters. The van der Waals surface area contributed by atoms with Gasteiger partial charge >= 0.3 is 6.18 Å². The zero-order chi connectivity index (χ0) is 22.9. The van der Waals surface area contributed by atoms with Crippen molar-refractivity contribution in [3.63, 3.8) is 0 Å². The molecular formula is C19H18F3N3O4S2. The van der Waals surface area contributed by atoms with E-state index < -0.39 is 42.7 Å². The quantitative estimate of drug-likeness (QED) is 0.719. The van der Waals surface area contributed by atoms with Crippen LogP contribution in [0, 0.1) is 11.3 Å². The Bertz CT molecular complexity index is 1210. The molecule has 2 aromatic carbocycles. The van der Waals surface area contributed by atoms with E-state index in [0.717, 1.165) is 16.4 Å². The van der Waals surface area contributed by atoms with Gasteiger partial charge in [-0.3, -0.25) is 0 Å². The molecule has 0 aliphatic carbocycles. The predicted octanol–water partition coefficient (Wildman–Crippen LogP) is 2.71. The summed E-state index contributed by atoms with van der Waals surface area (Å²) in [5, 5.41) is 8.95. The number of nitriles is 1. The smallest absolute Gasteiger partial charge is 0.208 e. The molecule has 1 saturated heterocycles. The van der Waals surface area contributed by atoms with Crippen molar-refractivity contribution in [2.24, 2.45) is 0 Å². The van der Waals surface area contributed by atoms with E-state index >= 15 is 0 Å². The van der Waals surface area contributed by atoms with E-state index in [1.165, 1.54) is 30.3 Å². The van der Waals surface area contributed by atoms with Crippen LogP contribution in [0.4, 0.5) is 13.2 Å². The Morgan fingerprint density at radius 1 is 1.00 bits per heavy atom. The van der Waals surface area contributed by atoms with Gasteiger partial charge in [0.25, 0.3) is 0 Å². The van der Waals surface area contributed by atoms with E-state index in [-0.39, 0.29) is 36.4 Å². The third-order valence-corrected chi connectivity index (χ3v) is 8.33. The summed E-state index contributed by atoms with van der Waals surface area (Å²) in [5.74, 6) is 0. The number of nitrogens with one attached hydrogen (secondary N) is 1. The van der Waals surface area contributed by atoms with Gasteiger partial charge in [-0.15, -0.1) is 0 Å². The summed E-state index contributed by atoms with van der Waals surface area (Å²) in [6.07, 6.45) is -4.66. The van der Waals surface area contributed by atoms with Crippen molar-refractivity contribution in [3.8, 4) is 6.07 Å². The lowest BCUT2D eigenvalue weighted by Crippen LogP contribution is -2.46. The summed E-state index contributed by atoms with van der Waals surface area (Å²) in [5.41, 5.74) is -1.08. The Morgan fingerprint density at radius 2 is 1.65 bits per heavy atom. The molecule has 1 N–H and O–H groups in total. The van der Waals surface area contributed by atoms with E-state index in [1.54, 1.807) is 0 Å². The third-order valence-electron chi connectivity index (χ3n) is 4.86. The summed E-state index contributed by atoms with van der Waals surface area (Å²) >= 11 is 0. The minimum atomic E-state index is -4.83. The van der Waals surface area contributed by atoms with E-state index in [2.05, 4.69) is 4.72 Å². The number of benzene rings is 2. The first-order chi connectivity index (χ1) is 14.4. The summed E-state index contributed by atoms with van der Waals surface area (Å²) in [6.45, 7) is -0.0412. The molecule has 0 saturated carbocycles. The standard InChI is InChI=1S/C19H18F3N3O4S2/c20-19(21,22)17-6-1-2-7-18(17)30(26,27)24-15-8-10-25(11-9-15)31(28,29)16-5-3-4-14(12-16)13-23/h1-7,12,15,24H,8-11H2. The molecule has 166 valence electrons. The average Bonchev–Trinajstić information content (AvgIpc) is 2.73. The second kappa shape index (κ2) is 8.58. The van der Waals surface area contributed by atoms with Crippen LogP contribution in [0.5, 0.6) is 0 Å². The molecule has 0 spiro atoms. The SMILES string of the molecule is N#Cc1cccc(S(=O)(=O)N2CCC(NS(=O)(=O)c3ccccc3C(F)(F)F)CC2)c1. The molecule has 0 atom stereocenters. The van der Waals surface area contributed by atoms with Gasteiger partial charge < -0.3 is 0 Å². The van der Waals surface area contributed by atoms with Gasteiger partial charge in [0, 0.05) is 19.1 Å². The Kier molecular flexibility index (Phi) is 6.43. The first-order valence-corrected chi connectivity index (χ1v) is 12.1. The molecule has 0 bridgehead atoms. The van der Waals surface area contributed by atoms with Crippen LogP contribution in [0.25, 0.3) is 0 Å². The highest BCUT2D eigenvalue weighted by atomic mass is 32.2. The number of sulfonamides is 2. The van der Waals surface area contributed by atoms with Crippen molar-refractivity contribution >= 4 is 20.0 Å². The molecule has 7 nitrogen and oxygen atoms in total. The lowest BCUT2D eigenvalue weighted by Gasteiger charge is -2.31. The molecule has 12 heteroatoms. The van der Waals surface area contributed by atoms with Crippen LogP contribution in [-0.4, -0.2) is 40.3 Å². The number of hydrogen-bond acceptors (Lipinski definition) is 5. The van der Waals surface area contributed by atoms with E-state index in [9.17, 15) is 30.0 Å². The fourth-order valence-corrected chi connectivity index (χ4v) is 6.36. The number of halogens is 3. The van der Waals surface area contributed by atoms with Crippen LogP contribution in [-0.2, 0) is 26.2 Å². The topological polar surface area (TPSA) is 107 Å². The zero-order valence-electron chi connectivity index (χ0n) is 16.0. The van der Waals surface area contributed by atoms with Gasteiger partial charge in [0.05, 0.1) is 27.0 Å². The van der Waals surface area contributed by atoms with E-state index in [4.69, 9.17) is 5.26 Å². The number of piperidine rings is 1. The van der Waals surface area contributed by atoms with Gasteiger partial charge in [0.1, 0.15) is 0 Å². The van der Waals surface area contributed by atoms with Gasteiger partial charge in [-0.1, -0.05) is 18.2 Å². The van der Waals surface area contributed by atoms with Crippen molar-refractivity contribution in [3.05, 3.63) is 59.7 Å². The van der Waals surface area contributed by atoms with Gasteiger partial charge in [-0.05, 0) is 43.2 Å². The number of nitrogens with zero attached hydrogens (tertiary/aromatic N) is 2. The molecule has 1 fully saturated rings. The van der Waals surface area contributed by atoms with Crippen molar-refractivity contribution in [2.75, 3.05) is 13.1 Å². The highest BCUT2D eigenvalue weighted by molar-refractivity contribution is 7.89. The lowest BCUT2D eigenvalue weighted by molar-refractivity contribution is -0.139. The third kappa shape index (κ3) is 5.07. The first-order valence-electron chi connectivity index (χ1n) is 9.14. The Morgan fingerprint density at radius 3 is 2.26 bits per heavy atom. The second-order valence-electron chi connectivity index (χ2n) is 6.93. The summed E-state index contributed by atoms with van der Waals surface area (Å²) in [4.78, 5) is -0.921. The average molecular weight is 473 g/mol. The second-order valence-corrected chi connectivity index (χ2v) is 10.6. The summed E-state index contributed by atoms with van der Waals surface area (Å²) < 4.78 is 93.6. The minimum absolute atomic E-state index is 0.0206. The largest absolute Gasteiger partial charge is 0.417 e. The molecule has 1 heterocycles. The van der Waals surface area contributed by atoms with Crippen LogP contribution in [0.1, 0.15) is 24.0 Å². The highest BCUT2D eigenvalue weighted by Gasteiger charge is 2.38. The van der Waals surface area contributed by atoms with E-state index in [1.807, 2.05) is 6.07 Å². The molecule has 0 aromatic heterocycles. The number of hydrogen-bond donors (Lipinski definition) is 1. The fraction of sp³-hybridized carbons (Fsp3) is 0.316. The monoisotopic (exact) mass is 473 g/mol. The number of alkyl halides is 3.